The summed E-state index contributed by atoms with van der Waals surface area (Å²) in [5.74, 6) is 0.197. The van der Waals surface area contributed by atoms with E-state index in [2.05, 4.69) is 20.9 Å². The highest BCUT2D eigenvalue weighted by Gasteiger charge is 2.20. The Morgan fingerprint density at radius 3 is 2.52 bits per heavy atom. The van der Waals surface area contributed by atoms with Crippen molar-refractivity contribution in [2.75, 3.05) is 0 Å². The fourth-order valence-electron chi connectivity index (χ4n) is 2.84. The fourth-order valence-corrected chi connectivity index (χ4v) is 3.25. The van der Waals surface area contributed by atoms with Gasteiger partial charge in [-0.3, -0.25) is 4.79 Å². The van der Waals surface area contributed by atoms with Crippen LogP contribution in [0.1, 0.15) is 27.4 Å². The first-order valence-electron chi connectivity index (χ1n) is 8.55. The van der Waals surface area contributed by atoms with Gasteiger partial charge in [0.15, 0.2) is 11.4 Å². The molecule has 0 saturated heterocycles. The van der Waals surface area contributed by atoms with Crippen LogP contribution in [0.5, 0.6) is 0 Å². The van der Waals surface area contributed by atoms with Gasteiger partial charge in [-0.05, 0) is 42.8 Å². The van der Waals surface area contributed by atoms with Gasteiger partial charge in [-0.1, -0.05) is 70.0 Å². The predicted molar refractivity (Wildman–Crippen MR) is 112 cm³/mol. The first kappa shape index (κ1) is 17.4. The molecule has 3 aromatic carbocycles. The maximum Gasteiger partial charge on any atom is 0.231 e. The van der Waals surface area contributed by atoms with E-state index in [0.717, 1.165) is 21.1 Å². The summed E-state index contributed by atoms with van der Waals surface area (Å²) >= 11 is 3.47. The summed E-state index contributed by atoms with van der Waals surface area (Å²) in [7, 11) is 0. The molecule has 4 heteroatoms. The number of benzene rings is 3. The van der Waals surface area contributed by atoms with E-state index in [1.807, 2.05) is 85.8 Å². The Labute approximate surface area is 165 Å². The lowest BCUT2D eigenvalue weighted by Gasteiger charge is -2.05. The average molecular weight is 418 g/mol. The van der Waals surface area contributed by atoms with E-state index >= 15 is 0 Å². The predicted octanol–water partition coefficient (Wildman–Crippen LogP) is 6.32. The van der Waals surface area contributed by atoms with Crippen molar-refractivity contribution < 1.29 is 9.21 Å². The van der Waals surface area contributed by atoms with Crippen LogP contribution >= 0.6 is 15.9 Å². The van der Waals surface area contributed by atoms with Crippen molar-refractivity contribution in [1.82, 2.24) is 4.98 Å². The molecular formula is C23H16BrNO2. The molecule has 0 unspecified atom stereocenters. The number of rotatable bonds is 4. The fraction of sp³-hybridized carbons (Fsp3) is 0.0435. The van der Waals surface area contributed by atoms with Crippen LogP contribution in [0.3, 0.4) is 0 Å². The number of fused-ring (bicyclic) bond motifs is 1. The van der Waals surface area contributed by atoms with E-state index < -0.39 is 0 Å². The van der Waals surface area contributed by atoms with Gasteiger partial charge in [0, 0.05) is 10.0 Å². The number of aryl methyl sites for hydroxylation is 1. The lowest BCUT2D eigenvalue weighted by molar-refractivity contribution is 0.105. The normalized spacial score (nSPS) is 11.7. The Balaban J connectivity index is 1.86. The van der Waals surface area contributed by atoms with Crippen molar-refractivity contribution in [2.45, 2.75) is 6.92 Å². The summed E-state index contributed by atoms with van der Waals surface area (Å²) in [6, 6.07) is 22.8. The first-order chi connectivity index (χ1) is 13.1. The highest BCUT2D eigenvalue weighted by Crippen LogP contribution is 2.27. The van der Waals surface area contributed by atoms with Crippen LogP contribution in [0.4, 0.5) is 0 Å². The van der Waals surface area contributed by atoms with Gasteiger partial charge in [-0.15, -0.1) is 0 Å². The molecule has 3 nitrogen and oxygen atoms in total. The molecule has 0 aliphatic carbocycles. The molecule has 27 heavy (non-hydrogen) atoms. The molecule has 0 atom stereocenters. The van der Waals surface area contributed by atoms with Crippen LogP contribution in [0, 0.1) is 6.92 Å². The molecule has 132 valence electrons. The Morgan fingerprint density at radius 1 is 1.00 bits per heavy atom. The summed E-state index contributed by atoms with van der Waals surface area (Å²) in [6.45, 7) is 1.99. The highest BCUT2D eigenvalue weighted by molar-refractivity contribution is 9.10. The summed E-state index contributed by atoms with van der Waals surface area (Å²) in [6.07, 6.45) is 1.82. The van der Waals surface area contributed by atoms with Crippen molar-refractivity contribution in [1.29, 1.82) is 0 Å². The molecule has 0 spiro atoms. The van der Waals surface area contributed by atoms with E-state index in [1.165, 1.54) is 0 Å². The molecule has 4 aromatic rings. The Bertz CT molecular complexity index is 1120. The van der Waals surface area contributed by atoms with Gasteiger partial charge in [0.2, 0.25) is 5.89 Å². The monoisotopic (exact) mass is 417 g/mol. The van der Waals surface area contributed by atoms with Crippen LogP contribution in [0.25, 0.3) is 22.7 Å². The van der Waals surface area contributed by atoms with Gasteiger partial charge in [-0.25, -0.2) is 4.98 Å². The van der Waals surface area contributed by atoms with Crippen molar-refractivity contribution in [2.24, 2.45) is 0 Å². The van der Waals surface area contributed by atoms with E-state index in [9.17, 15) is 4.79 Å². The lowest BCUT2D eigenvalue weighted by atomic mass is 10.00. The van der Waals surface area contributed by atoms with Crippen molar-refractivity contribution in [3.8, 4) is 0 Å². The Kier molecular flexibility index (Phi) is 4.73. The quantitative estimate of drug-likeness (QED) is 0.288. The molecule has 0 bridgehead atoms. The number of para-hydroxylation sites is 2. The molecule has 0 fully saturated rings. The standard InChI is InChI=1S/C23H16BrNO2/c1-15-9-11-17(12-10-15)22(26)19(14-16-5-4-6-18(24)13-16)23-25-20-7-2-3-8-21(20)27-23/h2-14H,1H3/b19-14+. The van der Waals surface area contributed by atoms with Gasteiger partial charge in [0.05, 0.1) is 5.57 Å². The number of hydrogen-bond donors (Lipinski definition) is 0. The van der Waals surface area contributed by atoms with Crippen LogP contribution in [-0.4, -0.2) is 10.8 Å². The van der Waals surface area contributed by atoms with Gasteiger partial charge >= 0.3 is 0 Å². The third-order valence-corrected chi connectivity index (χ3v) is 4.74. The number of nitrogens with zero attached hydrogens (tertiary/aromatic N) is 1. The molecular weight excluding hydrogens is 402 g/mol. The van der Waals surface area contributed by atoms with Gasteiger partial charge < -0.3 is 4.42 Å². The van der Waals surface area contributed by atoms with Crippen LogP contribution in [-0.2, 0) is 0 Å². The second-order valence-electron chi connectivity index (χ2n) is 6.29. The molecule has 0 radical (unpaired) electrons. The lowest BCUT2D eigenvalue weighted by Crippen LogP contribution is -2.03. The molecule has 1 heterocycles. The third-order valence-electron chi connectivity index (χ3n) is 4.24. The van der Waals surface area contributed by atoms with E-state index in [-0.39, 0.29) is 5.78 Å². The maximum absolute atomic E-state index is 13.2. The second kappa shape index (κ2) is 7.33. The summed E-state index contributed by atoms with van der Waals surface area (Å²) in [4.78, 5) is 17.8. The maximum atomic E-state index is 13.2. The molecule has 4 rings (SSSR count). The minimum atomic E-state index is -0.124. The minimum absolute atomic E-state index is 0.124. The molecule has 0 aliphatic heterocycles. The van der Waals surface area contributed by atoms with Gasteiger partial charge in [0.1, 0.15) is 5.52 Å². The van der Waals surface area contributed by atoms with Gasteiger partial charge in [-0.2, -0.15) is 0 Å². The number of carbonyl (C=O) groups is 1. The minimum Gasteiger partial charge on any atom is -0.436 e. The number of Topliss-reactive ketones (excluding diaryl/α,β-unsaturated/α-hetero) is 1. The number of allylic oxidation sites excluding steroid dienone is 1. The second-order valence-corrected chi connectivity index (χ2v) is 7.21. The zero-order chi connectivity index (χ0) is 18.8. The number of halogens is 1. The van der Waals surface area contributed by atoms with Crippen molar-refractivity contribution in [3.05, 3.63) is 99.9 Å². The topological polar surface area (TPSA) is 43.1 Å². The summed E-state index contributed by atoms with van der Waals surface area (Å²) in [5, 5.41) is 0. The van der Waals surface area contributed by atoms with Crippen LogP contribution < -0.4 is 0 Å². The molecule has 0 amide bonds. The van der Waals surface area contributed by atoms with Crippen molar-refractivity contribution in [3.63, 3.8) is 0 Å². The SMILES string of the molecule is Cc1ccc(C(=O)/C(=C\c2cccc(Br)c2)c2nc3ccccc3o2)cc1. The summed E-state index contributed by atoms with van der Waals surface area (Å²) < 4.78 is 6.83. The van der Waals surface area contributed by atoms with Gasteiger partial charge in [0.25, 0.3) is 0 Å². The highest BCUT2D eigenvalue weighted by atomic mass is 79.9. The van der Waals surface area contributed by atoms with Crippen molar-refractivity contribution >= 4 is 44.5 Å². The Morgan fingerprint density at radius 2 is 1.78 bits per heavy atom. The number of hydrogen-bond acceptors (Lipinski definition) is 3. The van der Waals surface area contributed by atoms with Crippen LogP contribution in [0.15, 0.2) is 81.7 Å². The largest absolute Gasteiger partial charge is 0.436 e. The zero-order valence-electron chi connectivity index (χ0n) is 14.6. The van der Waals surface area contributed by atoms with E-state index in [4.69, 9.17) is 4.42 Å². The number of oxazole rings is 1. The van der Waals surface area contributed by atoms with Crippen LogP contribution in [0.2, 0.25) is 0 Å². The summed E-state index contributed by atoms with van der Waals surface area (Å²) in [5.41, 5.74) is 4.40. The number of aromatic nitrogens is 1. The molecule has 0 N–H and O–H groups in total. The zero-order valence-corrected chi connectivity index (χ0v) is 16.2. The molecule has 0 saturated carbocycles. The smallest absolute Gasteiger partial charge is 0.231 e. The molecule has 1 aromatic heterocycles. The number of ketones is 1. The number of carbonyl (C=O) groups excluding carboxylic acids is 1. The first-order valence-corrected chi connectivity index (χ1v) is 9.34. The Hall–Kier alpha value is -2.98. The van der Waals surface area contributed by atoms with E-state index in [0.29, 0.717) is 22.6 Å². The average Bonchev–Trinajstić information content (AvgIpc) is 3.10. The molecule has 0 aliphatic rings. The third kappa shape index (κ3) is 3.76. The van der Waals surface area contributed by atoms with E-state index in [1.54, 1.807) is 0 Å².